The minimum absolute atomic E-state index is 0.00559. The highest BCUT2D eigenvalue weighted by atomic mass is 35.5. The predicted octanol–water partition coefficient (Wildman–Crippen LogP) is 3.68. The third-order valence-electron chi connectivity index (χ3n) is 5.76. The lowest BCUT2D eigenvalue weighted by atomic mass is 10.0. The van der Waals surface area contributed by atoms with Gasteiger partial charge >= 0.3 is 6.09 Å². The van der Waals surface area contributed by atoms with Crippen molar-refractivity contribution in [2.75, 3.05) is 13.2 Å². The third kappa shape index (κ3) is 4.63. The van der Waals surface area contributed by atoms with Gasteiger partial charge in [-0.05, 0) is 17.7 Å². The standard InChI is InChI=1S/C23H21ClN4O5/c24-15-3-1-14(2-4-15)9-27-22(29)19-8-20(18(10-26-19)21-11-25-13-32-21)33-17-5-6-28-16(7-17)12-31-23(28)30/h1-4,8,10-11,13,16-17H,5-7,9,12H2,(H,27,29)/t16-,17-/m0/s1. The average Bonchev–Trinajstić information content (AvgIpc) is 3.49. The zero-order chi connectivity index (χ0) is 22.8. The molecule has 10 heteroatoms. The van der Waals surface area contributed by atoms with Crippen LogP contribution in [-0.2, 0) is 11.3 Å². The number of amides is 2. The van der Waals surface area contributed by atoms with Crippen molar-refractivity contribution < 1.29 is 23.5 Å². The summed E-state index contributed by atoms with van der Waals surface area (Å²) in [5, 5.41) is 3.49. The molecule has 2 saturated heterocycles. The van der Waals surface area contributed by atoms with Gasteiger partial charge in [0.15, 0.2) is 12.2 Å². The number of oxazole rings is 1. The van der Waals surface area contributed by atoms with Crippen LogP contribution in [0, 0.1) is 0 Å². The summed E-state index contributed by atoms with van der Waals surface area (Å²) >= 11 is 5.91. The quantitative estimate of drug-likeness (QED) is 0.588. The van der Waals surface area contributed by atoms with Gasteiger partial charge in [0.05, 0.1) is 17.8 Å². The summed E-state index contributed by atoms with van der Waals surface area (Å²) in [5.41, 5.74) is 1.74. The van der Waals surface area contributed by atoms with Crippen molar-refractivity contribution >= 4 is 23.6 Å². The molecule has 5 rings (SSSR count). The molecule has 0 saturated carbocycles. The van der Waals surface area contributed by atoms with E-state index >= 15 is 0 Å². The van der Waals surface area contributed by atoms with Crippen molar-refractivity contribution in [1.29, 1.82) is 0 Å². The number of rotatable bonds is 6. The summed E-state index contributed by atoms with van der Waals surface area (Å²) in [6.07, 6.45) is 5.31. The molecule has 1 N–H and O–H groups in total. The van der Waals surface area contributed by atoms with E-state index in [0.717, 1.165) is 5.56 Å². The lowest BCUT2D eigenvalue weighted by molar-refractivity contribution is 0.0914. The Hall–Kier alpha value is -3.59. The number of carbonyl (C=O) groups excluding carboxylic acids is 2. The first-order chi connectivity index (χ1) is 16.1. The summed E-state index contributed by atoms with van der Waals surface area (Å²) in [7, 11) is 0. The summed E-state index contributed by atoms with van der Waals surface area (Å²) in [4.78, 5) is 34.5. The number of benzene rings is 1. The average molecular weight is 469 g/mol. The van der Waals surface area contributed by atoms with Gasteiger partial charge in [-0.15, -0.1) is 0 Å². The number of ether oxygens (including phenoxy) is 2. The Balaban J connectivity index is 1.33. The maximum absolute atomic E-state index is 12.8. The second-order valence-corrected chi connectivity index (χ2v) is 8.37. The van der Waals surface area contributed by atoms with Crippen LogP contribution >= 0.6 is 11.6 Å². The van der Waals surface area contributed by atoms with Crippen molar-refractivity contribution in [2.24, 2.45) is 0 Å². The number of piperidine rings is 1. The highest BCUT2D eigenvalue weighted by molar-refractivity contribution is 6.30. The maximum Gasteiger partial charge on any atom is 0.410 e. The molecule has 0 bridgehead atoms. The van der Waals surface area contributed by atoms with E-state index in [1.807, 2.05) is 12.1 Å². The van der Waals surface area contributed by atoms with Gasteiger partial charge in [0, 0.05) is 43.2 Å². The van der Waals surface area contributed by atoms with Crippen molar-refractivity contribution in [3.8, 4) is 17.1 Å². The molecular formula is C23H21ClN4O5. The number of nitrogens with one attached hydrogen (secondary N) is 1. The summed E-state index contributed by atoms with van der Waals surface area (Å²) < 4.78 is 16.9. The SMILES string of the molecule is O=C(NCc1ccc(Cl)cc1)c1cc(O[C@H]2CCN3C(=O)OC[C@@H]3C2)c(-c2cnco2)cn1. The van der Waals surface area contributed by atoms with Gasteiger partial charge in [-0.25, -0.2) is 9.78 Å². The van der Waals surface area contributed by atoms with E-state index in [9.17, 15) is 9.59 Å². The fourth-order valence-electron chi connectivity index (χ4n) is 4.02. The van der Waals surface area contributed by atoms with E-state index in [4.69, 9.17) is 25.5 Å². The van der Waals surface area contributed by atoms with Crippen LogP contribution in [0.4, 0.5) is 4.79 Å². The van der Waals surface area contributed by atoms with Crippen LogP contribution in [0.1, 0.15) is 28.9 Å². The monoisotopic (exact) mass is 468 g/mol. The van der Waals surface area contributed by atoms with Gasteiger partial charge in [0.1, 0.15) is 24.2 Å². The number of hydrogen-bond acceptors (Lipinski definition) is 7. The molecule has 0 unspecified atom stereocenters. The Kier molecular flexibility index (Phi) is 5.87. The van der Waals surface area contributed by atoms with Gasteiger partial charge in [0.25, 0.3) is 5.91 Å². The fraction of sp³-hybridized carbons (Fsp3) is 0.304. The Bertz CT molecular complexity index is 1150. The first-order valence-electron chi connectivity index (χ1n) is 10.6. The molecule has 0 spiro atoms. The molecule has 170 valence electrons. The molecule has 0 radical (unpaired) electrons. The molecule has 0 aliphatic carbocycles. The van der Waals surface area contributed by atoms with Crippen LogP contribution in [0.3, 0.4) is 0 Å². The van der Waals surface area contributed by atoms with E-state index in [1.165, 1.54) is 6.39 Å². The number of halogens is 1. The van der Waals surface area contributed by atoms with E-state index in [2.05, 4.69) is 15.3 Å². The number of pyridine rings is 1. The van der Waals surface area contributed by atoms with Gasteiger partial charge < -0.3 is 24.1 Å². The largest absolute Gasteiger partial charge is 0.489 e. The molecule has 2 aliphatic rings. The van der Waals surface area contributed by atoms with Crippen LogP contribution in [0.5, 0.6) is 5.75 Å². The van der Waals surface area contributed by atoms with Crippen LogP contribution < -0.4 is 10.1 Å². The van der Waals surface area contributed by atoms with Crippen LogP contribution in [0.2, 0.25) is 5.02 Å². The Morgan fingerprint density at radius 3 is 2.91 bits per heavy atom. The Morgan fingerprint density at radius 1 is 1.27 bits per heavy atom. The number of carbonyl (C=O) groups is 2. The second kappa shape index (κ2) is 9.11. The maximum atomic E-state index is 12.8. The van der Waals surface area contributed by atoms with Crippen molar-refractivity contribution in [3.63, 3.8) is 0 Å². The number of nitrogens with zero attached hydrogens (tertiary/aromatic N) is 3. The first kappa shape index (κ1) is 21.3. The smallest absolute Gasteiger partial charge is 0.410 e. The fourth-order valence-corrected chi connectivity index (χ4v) is 4.14. The van der Waals surface area contributed by atoms with Gasteiger partial charge in [-0.1, -0.05) is 23.7 Å². The zero-order valence-electron chi connectivity index (χ0n) is 17.6. The molecule has 2 atom stereocenters. The van der Waals surface area contributed by atoms with Crippen LogP contribution in [0.25, 0.3) is 11.3 Å². The van der Waals surface area contributed by atoms with E-state index in [0.29, 0.717) is 54.6 Å². The molecule has 1 aromatic carbocycles. The van der Waals surface area contributed by atoms with Crippen LogP contribution in [-0.4, -0.2) is 52.2 Å². The predicted molar refractivity (Wildman–Crippen MR) is 118 cm³/mol. The Morgan fingerprint density at radius 2 is 2.12 bits per heavy atom. The zero-order valence-corrected chi connectivity index (χ0v) is 18.3. The minimum Gasteiger partial charge on any atom is -0.489 e. The topological polar surface area (TPSA) is 107 Å². The molecule has 4 heterocycles. The number of fused-ring (bicyclic) bond motifs is 1. The number of hydrogen-bond donors (Lipinski definition) is 1. The van der Waals surface area contributed by atoms with E-state index in [-0.39, 0.29) is 29.8 Å². The van der Waals surface area contributed by atoms with Crippen molar-refractivity contribution in [1.82, 2.24) is 20.2 Å². The highest BCUT2D eigenvalue weighted by Crippen LogP contribution is 2.33. The minimum atomic E-state index is -0.330. The highest BCUT2D eigenvalue weighted by Gasteiger charge is 2.39. The van der Waals surface area contributed by atoms with Crippen molar-refractivity contribution in [3.05, 3.63) is 65.4 Å². The molecule has 9 nitrogen and oxygen atoms in total. The second-order valence-electron chi connectivity index (χ2n) is 7.93. The lowest BCUT2D eigenvalue weighted by Crippen LogP contribution is -2.44. The summed E-state index contributed by atoms with van der Waals surface area (Å²) in [6.45, 7) is 1.26. The van der Waals surface area contributed by atoms with E-state index < -0.39 is 0 Å². The molecular weight excluding hydrogens is 448 g/mol. The third-order valence-corrected chi connectivity index (χ3v) is 6.01. The molecule has 33 heavy (non-hydrogen) atoms. The molecule has 2 aromatic heterocycles. The van der Waals surface area contributed by atoms with Crippen molar-refractivity contribution in [2.45, 2.75) is 31.5 Å². The molecule has 3 aromatic rings. The molecule has 2 aliphatic heterocycles. The Labute approximate surface area is 194 Å². The molecule has 2 fully saturated rings. The number of aromatic nitrogens is 2. The normalized spacial score (nSPS) is 19.7. The molecule has 2 amide bonds. The summed E-state index contributed by atoms with van der Waals surface area (Å²) in [5.74, 6) is 0.632. The van der Waals surface area contributed by atoms with Gasteiger partial charge in [-0.3, -0.25) is 9.78 Å². The van der Waals surface area contributed by atoms with Gasteiger partial charge in [-0.2, -0.15) is 0 Å². The number of cyclic esters (lactones) is 1. The summed E-state index contributed by atoms with van der Waals surface area (Å²) in [6, 6.07) is 8.84. The van der Waals surface area contributed by atoms with E-state index in [1.54, 1.807) is 35.5 Å². The first-order valence-corrected chi connectivity index (χ1v) is 11.0. The lowest BCUT2D eigenvalue weighted by Gasteiger charge is -2.32. The van der Waals surface area contributed by atoms with Gasteiger partial charge in [0.2, 0.25) is 0 Å². The van der Waals surface area contributed by atoms with Crippen LogP contribution in [0.15, 0.2) is 53.5 Å².